The van der Waals surface area contributed by atoms with Crippen molar-refractivity contribution in [1.29, 1.82) is 0 Å². The lowest BCUT2D eigenvalue weighted by Crippen LogP contribution is -2.00. The van der Waals surface area contributed by atoms with Gasteiger partial charge in [-0.3, -0.25) is 0 Å². The Morgan fingerprint density at radius 3 is 2.81 bits per heavy atom. The molecule has 1 aromatic heterocycles. The van der Waals surface area contributed by atoms with Gasteiger partial charge >= 0.3 is 0 Å². The summed E-state index contributed by atoms with van der Waals surface area (Å²) in [7, 11) is 2.07. The Morgan fingerprint density at radius 2 is 2.19 bits per heavy atom. The van der Waals surface area contributed by atoms with Crippen molar-refractivity contribution in [3.05, 3.63) is 34.4 Å². The highest BCUT2D eigenvalue weighted by Gasteiger charge is 2.44. The molecule has 0 N–H and O–H groups in total. The van der Waals surface area contributed by atoms with Crippen molar-refractivity contribution in [2.24, 2.45) is 7.05 Å². The zero-order valence-electron chi connectivity index (χ0n) is 9.13. The lowest BCUT2D eigenvalue weighted by molar-refractivity contribution is 0.901. The second-order valence-electron chi connectivity index (χ2n) is 4.54. The summed E-state index contributed by atoms with van der Waals surface area (Å²) >= 11 is 3.51. The molecular weight excluding hydrogens is 262 g/mol. The van der Waals surface area contributed by atoms with Gasteiger partial charge < -0.3 is 4.57 Å². The minimum atomic E-state index is 0.0212. The predicted molar refractivity (Wildman–Crippen MR) is 70.4 cm³/mol. The molecule has 0 radical (unpaired) electrons. The van der Waals surface area contributed by atoms with Gasteiger partial charge in [0.05, 0.1) is 5.41 Å². The van der Waals surface area contributed by atoms with Crippen LogP contribution in [0, 0.1) is 12.3 Å². The number of aromatic nitrogens is 1. The zero-order chi connectivity index (χ0) is 11.3. The molecule has 1 heterocycles. The maximum absolute atomic E-state index is 5.66. The van der Waals surface area contributed by atoms with E-state index in [0.29, 0.717) is 0 Å². The molecule has 2 aromatic rings. The van der Waals surface area contributed by atoms with E-state index in [0.717, 1.165) is 17.3 Å². The van der Waals surface area contributed by atoms with Gasteiger partial charge in [0.15, 0.2) is 0 Å². The number of fused-ring (bicyclic) bond motifs is 1. The third kappa shape index (κ3) is 1.25. The maximum Gasteiger partial charge on any atom is 0.0582 e. The molecule has 0 aliphatic heterocycles. The molecule has 0 bridgehead atoms. The van der Waals surface area contributed by atoms with Crippen LogP contribution in [0.5, 0.6) is 0 Å². The van der Waals surface area contributed by atoms with Crippen molar-refractivity contribution in [2.75, 3.05) is 0 Å². The Bertz CT molecular complexity index is 611. The smallest absolute Gasteiger partial charge is 0.0582 e. The van der Waals surface area contributed by atoms with E-state index in [2.05, 4.69) is 57.9 Å². The van der Waals surface area contributed by atoms with Crippen LogP contribution in [-0.4, -0.2) is 4.57 Å². The van der Waals surface area contributed by atoms with Gasteiger partial charge in [0.25, 0.3) is 0 Å². The Labute approximate surface area is 104 Å². The SMILES string of the molecule is C#CC1(c2cn(C)c3cc(Br)ccc23)CC1. The Balaban J connectivity index is 2.32. The van der Waals surface area contributed by atoms with Crippen molar-refractivity contribution in [1.82, 2.24) is 4.57 Å². The minimum absolute atomic E-state index is 0.0212. The van der Waals surface area contributed by atoms with Crippen LogP contribution in [0.1, 0.15) is 18.4 Å². The van der Waals surface area contributed by atoms with Gasteiger partial charge in [0, 0.05) is 28.6 Å². The van der Waals surface area contributed by atoms with E-state index in [1.165, 1.54) is 16.5 Å². The zero-order valence-corrected chi connectivity index (χ0v) is 10.7. The molecule has 1 aliphatic rings. The topological polar surface area (TPSA) is 4.93 Å². The molecule has 0 spiro atoms. The van der Waals surface area contributed by atoms with Crippen LogP contribution in [-0.2, 0) is 12.5 Å². The largest absolute Gasteiger partial charge is 0.350 e. The van der Waals surface area contributed by atoms with Gasteiger partial charge in [-0.15, -0.1) is 6.42 Å². The Morgan fingerprint density at radius 1 is 1.44 bits per heavy atom. The molecule has 1 aromatic carbocycles. The third-order valence-corrected chi connectivity index (χ3v) is 3.99. The molecule has 0 atom stereocenters. The highest BCUT2D eigenvalue weighted by atomic mass is 79.9. The number of rotatable bonds is 1. The molecule has 1 saturated carbocycles. The summed E-state index contributed by atoms with van der Waals surface area (Å²) in [5, 5.41) is 1.29. The predicted octanol–water partition coefficient (Wildman–Crippen LogP) is 3.61. The molecule has 16 heavy (non-hydrogen) atoms. The first-order chi connectivity index (χ1) is 7.66. The van der Waals surface area contributed by atoms with E-state index in [9.17, 15) is 0 Å². The number of halogens is 1. The number of benzene rings is 1. The third-order valence-electron chi connectivity index (χ3n) is 3.49. The Kier molecular flexibility index (Phi) is 1.96. The monoisotopic (exact) mass is 273 g/mol. The number of hydrogen-bond acceptors (Lipinski definition) is 0. The fraction of sp³-hybridized carbons (Fsp3) is 0.286. The second-order valence-corrected chi connectivity index (χ2v) is 5.46. The summed E-state index contributed by atoms with van der Waals surface area (Å²) in [5.74, 6) is 2.96. The lowest BCUT2D eigenvalue weighted by Gasteiger charge is -2.05. The van der Waals surface area contributed by atoms with Crippen LogP contribution in [0.15, 0.2) is 28.9 Å². The van der Waals surface area contributed by atoms with Gasteiger partial charge in [0.2, 0.25) is 0 Å². The van der Waals surface area contributed by atoms with E-state index >= 15 is 0 Å². The Hall–Kier alpha value is -1.20. The first-order valence-electron chi connectivity index (χ1n) is 5.39. The van der Waals surface area contributed by atoms with Crippen molar-refractivity contribution >= 4 is 26.8 Å². The van der Waals surface area contributed by atoms with Crippen molar-refractivity contribution in [3.8, 4) is 12.3 Å². The maximum atomic E-state index is 5.66. The van der Waals surface area contributed by atoms with Gasteiger partial charge in [-0.25, -0.2) is 0 Å². The van der Waals surface area contributed by atoms with Crippen molar-refractivity contribution < 1.29 is 0 Å². The van der Waals surface area contributed by atoms with E-state index in [4.69, 9.17) is 6.42 Å². The lowest BCUT2D eigenvalue weighted by atomic mass is 9.97. The number of nitrogens with zero attached hydrogens (tertiary/aromatic N) is 1. The molecular formula is C14H12BrN. The highest BCUT2D eigenvalue weighted by molar-refractivity contribution is 9.10. The van der Waals surface area contributed by atoms with E-state index < -0.39 is 0 Å². The summed E-state index contributed by atoms with van der Waals surface area (Å²) in [6.45, 7) is 0. The number of hydrogen-bond donors (Lipinski definition) is 0. The first kappa shape index (κ1) is 9.99. The van der Waals surface area contributed by atoms with Crippen LogP contribution in [0.25, 0.3) is 10.9 Å². The molecule has 0 unspecified atom stereocenters. The second kappa shape index (κ2) is 3.15. The molecule has 0 amide bonds. The summed E-state index contributed by atoms with van der Waals surface area (Å²) in [6.07, 6.45) is 10.1. The quantitative estimate of drug-likeness (QED) is 0.700. The average Bonchev–Trinajstić information content (AvgIpc) is 3.01. The summed E-state index contributed by atoms with van der Waals surface area (Å²) in [6, 6.07) is 6.38. The van der Waals surface area contributed by atoms with Crippen LogP contribution in [0.2, 0.25) is 0 Å². The molecule has 0 saturated heterocycles. The van der Waals surface area contributed by atoms with Crippen LogP contribution >= 0.6 is 15.9 Å². The van der Waals surface area contributed by atoms with Gasteiger partial charge in [-0.2, -0.15) is 0 Å². The summed E-state index contributed by atoms with van der Waals surface area (Å²) in [4.78, 5) is 0. The molecule has 2 heteroatoms. The van der Waals surface area contributed by atoms with Gasteiger partial charge in [-0.05, 0) is 30.5 Å². The van der Waals surface area contributed by atoms with Gasteiger partial charge in [0.1, 0.15) is 0 Å². The molecule has 1 nitrogen and oxygen atoms in total. The van der Waals surface area contributed by atoms with E-state index in [1.54, 1.807) is 0 Å². The van der Waals surface area contributed by atoms with E-state index in [-0.39, 0.29) is 5.41 Å². The molecule has 1 aliphatic carbocycles. The summed E-state index contributed by atoms with van der Waals surface area (Å²) < 4.78 is 3.27. The van der Waals surface area contributed by atoms with Crippen molar-refractivity contribution in [2.45, 2.75) is 18.3 Å². The number of aryl methyl sites for hydroxylation is 1. The molecule has 3 rings (SSSR count). The normalized spacial score (nSPS) is 17.3. The fourth-order valence-corrected chi connectivity index (χ4v) is 2.70. The number of terminal acetylenes is 1. The van der Waals surface area contributed by atoms with Crippen LogP contribution < -0.4 is 0 Å². The van der Waals surface area contributed by atoms with Crippen LogP contribution in [0.3, 0.4) is 0 Å². The van der Waals surface area contributed by atoms with Crippen molar-refractivity contribution in [3.63, 3.8) is 0 Å². The minimum Gasteiger partial charge on any atom is -0.350 e. The fourth-order valence-electron chi connectivity index (χ4n) is 2.35. The molecule has 80 valence electrons. The molecule has 1 fully saturated rings. The summed E-state index contributed by atoms with van der Waals surface area (Å²) in [5.41, 5.74) is 2.58. The first-order valence-corrected chi connectivity index (χ1v) is 6.18. The average molecular weight is 274 g/mol. The van der Waals surface area contributed by atoms with Gasteiger partial charge in [-0.1, -0.05) is 27.9 Å². The highest BCUT2D eigenvalue weighted by Crippen LogP contribution is 2.50. The van der Waals surface area contributed by atoms with Crippen LogP contribution in [0.4, 0.5) is 0 Å². The van der Waals surface area contributed by atoms with E-state index in [1.807, 2.05) is 0 Å². The standard InChI is InChI=1S/C14H12BrN/c1-3-14(6-7-14)12-9-16(2)13-8-10(15)4-5-11(12)13/h1,4-5,8-9H,6-7H2,2H3.